The smallest absolute Gasteiger partial charge is 0.325 e. The van der Waals surface area contributed by atoms with Crippen LogP contribution in [0.15, 0.2) is 41.3 Å². The van der Waals surface area contributed by atoms with E-state index in [4.69, 9.17) is 16.7 Å². The zero-order chi connectivity index (χ0) is 22.3. The Morgan fingerprint density at radius 1 is 1.32 bits per heavy atom. The molecule has 1 unspecified atom stereocenters. The number of carbonyl (C=O) groups is 2. The van der Waals surface area contributed by atoms with E-state index in [9.17, 15) is 19.5 Å². The van der Waals surface area contributed by atoms with Crippen molar-refractivity contribution in [2.75, 3.05) is 0 Å². The van der Waals surface area contributed by atoms with Gasteiger partial charge in [0.2, 0.25) is 0 Å². The summed E-state index contributed by atoms with van der Waals surface area (Å²) in [7, 11) is 0. The van der Waals surface area contributed by atoms with Gasteiger partial charge < -0.3 is 15.5 Å². The molecule has 0 aliphatic carbocycles. The van der Waals surface area contributed by atoms with Gasteiger partial charge >= 0.3 is 5.97 Å². The first-order chi connectivity index (χ1) is 14.8. The van der Waals surface area contributed by atoms with E-state index in [1.165, 1.54) is 35.1 Å². The number of carbonyl (C=O) groups excluding carboxylic acids is 1. The summed E-state index contributed by atoms with van der Waals surface area (Å²) in [5.74, 6) is -2.83. The molecule has 0 saturated heterocycles. The fraction of sp³-hybridized carbons (Fsp3) is 0.150. The van der Waals surface area contributed by atoms with E-state index in [0.29, 0.717) is 15.5 Å². The van der Waals surface area contributed by atoms with Gasteiger partial charge in [-0.15, -0.1) is 11.3 Å². The zero-order valence-corrected chi connectivity index (χ0v) is 17.6. The van der Waals surface area contributed by atoms with Crippen LogP contribution >= 0.6 is 22.9 Å². The lowest BCUT2D eigenvalue weighted by molar-refractivity contribution is -0.138. The molecular formula is C20H15ClN4O5S. The van der Waals surface area contributed by atoms with Gasteiger partial charge in [0.05, 0.1) is 22.1 Å². The number of rotatable bonds is 5. The number of nitrogens with one attached hydrogen (secondary N) is 1. The Hall–Kier alpha value is -3.50. The van der Waals surface area contributed by atoms with E-state index in [-0.39, 0.29) is 17.6 Å². The second-order valence-corrected chi connectivity index (χ2v) is 8.29. The number of thiazole rings is 1. The second-order valence-electron chi connectivity index (χ2n) is 6.74. The zero-order valence-electron chi connectivity index (χ0n) is 16.0. The van der Waals surface area contributed by atoms with Gasteiger partial charge in [0.1, 0.15) is 28.0 Å². The van der Waals surface area contributed by atoms with Crippen LogP contribution in [0.5, 0.6) is 5.75 Å². The van der Waals surface area contributed by atoms with E-state index >= 15 is 0 Å². The maximum Gasteiger partial charge on any atom is 0.325 e. The molecule has 0 radical (unpaired) electrons. The Morgan fingerprint density at radius 3 is 2.84 bits per heavy atom. The average molecular weight is 459 g/mol. The normalized spacial score (nSPS) is 12.2. The minimum Gasteiger partial charge on any atom is -0.506 e. The summed E-state index contributed by atoms with van der Waals surface area (Å²) < 4.78 is 2.10. The van der Waals surface area contributed by atoms with Crippen molar-refractivity contribution >= 4 is 56.1 Å². The Balaban J connectivity index is 1.86. The van der Waals surface area contributed by atoms with Crippen LogP contribution in [0.2, 0.25) is 5.02 Å². The first kappa shape index (κ1) is 20.8. The maximum atomic E-state index is 13.2. The lowest BCUT2D eigenvalue weighted by Gasteiger charge is -2.14. The molecule has 0 aliphatic heterocycles. The maximum absolute atomic E-state index is 13.2. The number of nitrogens with zero attached hydrogens (tertiary/aromatic N) is 3. The number of halogens is 1. The van der Waals surface area contributed by atoms with Crippen LogP contribution in [0.4, 0.5) is 0 Å². The molecule has 31 heavy (non-hydrogen) atoms. The third-order valence-corrected chi connectivity index (χ3v) is 5.88. The summed E-state index contributed by atoms with van der Waals surface area (Å²) >= 11 is 7.37. The van der Waals surface area contributed by atoms with Crippen LogP contribution in [0.1, 0.15) is 22.3 Å². The van der Waals surface area contributed by atoms with Crippen LogP contribution in [-0.4, -0.2) is 42.7 Å². The lowest BCUT2D eigenvalue weighted by atomic mass is 10.1. The number of aromatic nitrogens is 3. The van der Waals surface area contributed by atoms with Crippen molar-refractivity contribution in [1.82, 2.24) is 19.9 Å². The molecule has 11 heteroatoms. The average Bonchev–Trinajstić information content (AvgIpc) is 3.12. The highest BCUT2D eigenvalue weighted by Crippen LogP contribution is 2.28. The quantitative estimate of drug-likeness (QED) is 0.418. The largest absolute Gasteiger partial charge is 0.506 e. The monoisotopic (exact) mass is 458 g/mol. The molecule has 0 saturated carbocycles. The fourth-order valence-electron chi connectivity index (χ4n) is 3.10. The number of hydrogen-bond donors (Lipinski definition) is 3. The Morgan fingerprint density at radius 2 is 2.10 bits per heavy atom. The molecule has 3 N–H and O–H groups in total. The molecule has 1 amide bonds. The van der Waals surface area contributed by atoms with E-state index in [2.05, 4.69) is 15.3 Å². The van der Waals surface area contributed by atoms with Gasteiger partial charge in [-0.05, 0) is 37.3 Å². The fourth-order valence-corrected chi connectivity index (χ4v) is 4.20. The number of aliphatic carboxylic acids is 1. The number of amides is 1. The van der Waals surface area contributed by atoms with Crippen LogP contribution < -0.4 is 10.9 Å². The Kier molecular flexibility index (Phi) is 5.34. The standard InChI is InChI=1S/C20H15ClN4O5S/c1-9(20(29)30)23-18(27)15-16(26)11-3-2-6-22-17(11)25(19(15)28)8-14-24-12-7-10(21)4-5-13(12)31-14/h2-7,9,26H,8H2,1H3,(H,23,27)(H,29,30). The lowest BCUT2D eigenvalue weighted by Crippen LogP contribution is -2.41. The number of carboxylic acids is 1. The third-order valence-electron chi connectivity index (χ3n) is 4.63. The van der Waals surface area contributed by atoms with Crippen molar-refractivity contribution in [3.63, 3.8) is 0 Å². The van der Waals surface area contributed by atoms with Crippen LogP contribution in [0.25, 0.3) is 21.3 Å². The van der Waals surface area contributed by atoms with E-state index in [1.807, 2.05) is 6.07 Å². The Labute approximate surface area is 183 Å². The van der Waals surface area contributed by atoms with Crippen LogP contribution in [0, 0.1) is 0 Å². The topological polar surface area (TPSA) is 134 Å². The molecule has 3 aromatic heterocycles. The van der Waals surface area contributed by atoms with Crippen molar-refractivity contribution < 1.29 is 19.8 Å². The summed E-state index contributed by atoms with van der Waals surface area (Å²) in [6, 6.07) is 7.08. The molecule has 0 aliphatic rings. The first-order valence-electron chi connectivity index (χ1n) is 9.05. The predicted octanol–water partition coefficient (Wildman–Crippen LogP) is 2.62. The number of carboxylic acid groups (broad SMARTS) is 1. The van der Waals surface area contributed by atoms with Crippen molar-refractivity contribution in [1.29, 1.82) is 0 Å². The number of hydrogen-bond acceptors (Lipinski definition) is 7. The van der Waals surface area contributed by atoms with Gasteiger partial charge in [0.15, 0.2) is 0 Å². The van der Waals surface area contributed by atoms with Crippen molar-refractivity contribution in [2.24, 2.45) is 0 Å². The number of aromatic hydroxyl groups is 1. The van der Waals surface area contributed by atoms with Gasteiger partial charge in [-0.2, -0.15) is 0 Å². The molecular weight excluding hydrogens is 444 g/mol. The molecule has 158 valence electrons. The van der Waals surface area contributed by atoms with Gasteiger partial charge in [-0.3, -0.25) is 19.0 Å². The molecule has 3 heterocycles. The minimum absolute atomic E-state index is 0.00163. The summed E-state index contributed by atoms with van der Waals surface area (Å²) in [5.41, 5.74) is -0.524. The van der Waals surface area contributed by atoms with Crippen molar-refractivity contribution in [2.45, 2.75) is 19.5 Å². The Bertz CT molecular complexity index is 1410. The SMILES string of the molecule is CC(NC(=O)c1c(O)c2cccnc2n(Cc2nc3cc(Cl)ccc3s2)c1=O)C(=O)O. The third kappa shape index (κ3) is 3.82. The number of fused-ring (bicyclic) bond motifs is 2. The molecule has 4 rings (SSSR count). The van der Waals surface area contributed by atoms with Crippen molar-refractivity contribution in [3.05, 3.63) is 62.5 Å². The summed E-state index contributed by atoms with van der Waals surface area (Å²) in [6.45, 7) is 1.25. The van der Waals surface area contributed by atoms with Gasteiger partial charge in [0.25, 0.3) is 11.5 Å². The van der Waals surface area contributed by atoms with Gasteiger partial charge in [-0.25, -0.2) is 9.97 Å². The predicted molar refractivity (Wildman–Crippen MR) is 116 cm³/mol. The first-order valence-corrected chi connectivity index (χ1v) is 10.2. The second kappa shape index (κ2) is 7.97. The number of benzene rings is 1. The van der Waals surface area contributed by atoms with E-state index in [0.717, 1.165) is 4.70 Å². The summed E-state index contributed by atoms with van der Waals surface area (Å²) in [4.78, 5) is 45.6. The summed E-state index contributed by atoms with van der Waals surface area (Å²) in [5, 5.41) is 23.1. The van der Waals surface area contributed by atoms with Crippen LogP contribution in [-0.2, 0) is 11.3 Å². The minimum atomic E-state index is -1.27. The summed E-state index contributed by atoms with van der Waals surface area (Å²) in [6.07, 6.45) is 1.46. The molecule has 0 bridgehead atoms. The van der Waals surface area contributed by atoms with E-state index in [1.54, 1.807) is 18.2 Å². The molecule has 4 aromatic rings. The van der Waals surface area contributed by atoms with Gasteiger partial charge in [-0.1, -0.05) is 11.6 Å². The molecule has 0 spiro atoms. The highest BCUT2D eigenvalue weighted by Gasteiger charge is 2.25. The molecule has 1 aromatic carbocycles. The molecule has 9 nitrogen and oxygen atoms in total. The van der Waals surface area contributed by atoms with E-state index < -0.39 is 34.8 Å². The molecule has 1 atom stereocenters. The highest BCUT2D eigenvalue weighted by molar-refractivity contribution is 7.18. The van der Waals surface area contributed by atoms with Crippen LogP contribution in [0.3, 0.4) is 0 Å². The highest BCUT2D eigenvalue weighted by atomic mass is 35.5. The van der Waals surface area contributed by atoms with Gasteiger partial charge in [0, 0.05) is 11.2 Å². The number of pyridine rings is 2. The molecule has 0 fully saturated rings. The van der Waals surface area contributed by atoms with Crippen molar-refractivity contribution in [3.8, 4) is 5.75 Å².